The first-order chi connectivity index (χ1) is 35.9. The van der Waals surface area contributed by atoms with Crippen LogP contribution in [0.5, 0.6) is 11.6 Å². The third-order valence-corrected chi connectivity index (χ3v) is 15.9. The van der Waals surface area contributed by atoms with Crippen molar-refractivity contribution in [3.05, 3.63) is 142 Å². The number of phenolic OH excluding ortho intramolecular Hbond substituents is 1. The van der Waals surface area contributed by atoms with E-state index in [1.165, 1.54) is 4.90 Å². The van der Waals surface area contributed by atoms with Crippen LogP contribution >= 0.6 is 11.3 Å². The highest BCUT2D eigenvalue weighted by molar-refractivity contribution is 7.13. The van der Waals surface area contributed by atoms with Crippen molar-refractivity contribution in [3.8, 4) is 33.3 Å². The van der Waals surface area contributed by atoms with Gasteiger partial charge in [0.05, 0.1) is 33.9 Å². The van der Waals surface area contributed by atoms with E-state index in [9.17, 15) is 19.8 Å². The second-order valence-corrected chi connectivity index (χ2v) is 20.9. The zero-order chi connectivity index (χ0) is 51.0. The number of likely N-dealkylation sites (tertiary alicyclic amines) is 1. The number of amides is 2. The highest BCUT2D eigenvalue weighted by atomic mass is 32.1. The van der Waals surface area contributed by atoms with E-state index in [1.54, 1.807) is 29.5 Å². The number of rotatable bonds is 14. The number of nitrogens with zero attached hydrogens (tertiary/aromatic N) is 9. The number of para-hydroxylation sites is 1. The van der Waals surface area contributed by atoms with Crippen LogP contribution in [0.15, 0.2) is 107 Å². The van der Waals surface area contributed by atoms with Crippen molar-refractivity contribution in [3.63, 3.8) is 0 Å². The number of aromatic nitrogens is 7. The zero-order valence-corrected chi connectivity index (χ0v) is 42.6. The Hall–Kier alpha value is -7.70. The number of carbonyl (C=O) groups excluding carboxylic acids is 2. The van der Waals surface area contributed by atoms with Crippen LogP contribution < -0.4 is 19.9 Å². The SMILES string of the molecule is Cc1ncsc1-c1ccc(CNC(=O)[C@@H]2C[C@@H](O)CN2C(=O)[C@@H](c2cc(OCc3ccc(N4CCC(c5cnc(N6CCc7[nH]c8nnc(-c9ccccc9O)cc8c7[C@H]6C)nc5)CC4)cc3)no2)C(C)C)cc1. The number of β-amino-alcohol motifs (C(OH)–C–C–N with tert-alkyl or cyclic N) is 1. The first-order valence-electron chi connectivity index (χ1n) is 25.4. The molecule has 18 heteroatoms. The molecule has 5 aromatic heterocycles. The van der Waals surface area contributed by atoms with Crippen LogP contribution in [0.3, 0.4) is 0 Å². The second kappa shape index (κ2) is 20.7. The predicted octanol–water partition coefficient (Wildman–Crippen LogP) is 8.64. The van der Waals surface area contributed by atoms with Gasteiger partial charge in [-0.2, -0.15) is 0 Å². The molecule has 0 spiro atoms. The van der Waals surface area contributed by atoms with E-state index in [-0.39, 0.29) is 55.0 Å². The van der Waals surface area contributed by atoms with E-state index in [4.69, 9.17) is 19.2 Å². The summed E-state index contributed by atoms with van der Waals surface area (Å²) in [5.74, 6) is 0.301. The Labute approximate surface area is 432 Å². The lowest BCUT2D eigenvalue weighted by atomic mass is 9.91. The van der Waals surface area contributed by atoms with E-state index in [0.29, 0.717) is 35.4 Å². The van der Waals surface area contributed by atoms with Crippen LogP contribution in [0, 0.1) is 12.8 Å². The molecule has 3 aromatic carbocycles. The maximum atomic E-state index is 14.2. The van der Waals surface area contributed by atoms with Crippen LogP contribution in [-0.4, -0.2) is 101 Å². The van der Waals surface area contributed by atoms with Crippen molar-refractivity contribution >= 4 is 45.8 Å². The number of nitrogens with one attached hydrogen (secondary N) is 2. The molecule has 2 fully saturated rings. The van der Waals surface area contributed by atoms with Crippen molar-refractivity contribution < 1.29 is 29.1 Å². The molecule has 11 rings (SSSR count). The van der Waals surface area contributed by atoms with Crippen LogP contribution in [0.2, 0.25) is 0 Å². The molecule has 3 aliphatic heterocycles. The Bertz CT molecular complexity index is 3280. The summed E-state index contributed by atoms with van der Waals surface area (Å²) >= 11 is 1.59. The van der Waals surface area contributed by atoms with Gasteiger partial charge >= 0.3 is 0 Å². The number of benzene rings is 3. The number of aliphatic hydroxyl groups is 1. The summed E-state index contributed by atoms with van der Waals surface area (Å²) in [4.78, 5) is 52.6. The monoisotopic (exact) mass is 1010 g/mol. The number of anilines is 2. The number of aryl methyl sites for hydroxylation is 1. The Morgan fingerprint density at radius 1 is 0.946 bits per heavy atom. The molecule has 4 atom stereocenters. The summed E-state index contributed by atoms with van der Waals surface area (Å²) in [6, 6.07) is 26.4. The Kier molecular flexibility index (Phi) is 13.6. The highest BCUT2D eigenvalue weighted by Crippen LogP contribution is 2.40. The number of fused-ring (bicyclic) bond motifs is 3. The van der Waals surface area contributed by atoms with Gasteiger partial charge in [0.15, 0.2) is 11.4 Å². The third-order valence-electron chi connectivity index (χ3n) is 15.0. The fraction of sp³-hybridized carbons (Fsp3) is 0.357. The third kappa shape index (κ3) is 9.78. The average molecular weight is 1010 g/mol. The van der Waals surface area contributed by atoms with Gasteiger partial charge < -0.3 is 44.5 Å². The molecule has 4 N–H and O–H groups in total. The molecule has 380 valence electrons. The molecule has 17 nitrogen and oxygen atoms in total. The average Bonchev–Trinajstić information content (AvgIpc) is 4.24. The first-order valence-corrected chi connectivity index (χ1v) is 26.3. The van der Waals surface area contributed by atoms with Crippen molar-refractivity contribution in [2.24, 2.45) is 5.92 Å². The van der Waals surface area contributed by atoms with E-state index in [0.717, 1.165) is 99.7 Å². The van der Waals surface area contributed by atoms with Crippen molar-refractivity contribution in [2.75, 3.05) is 36.0 Å². The number of hydrogen-bond donors (Lipinski definition) is 4. The molecular weight excluding hydrogens is 955 g/mol. The van der Waals surface area contributed by atoms with Crippen molar-refractivity contribution in [2.45, 2.75) is 96.6 Å². The quantitative estimate of drug-likeness (QED) is 0.0803. The van der Waals surface area contributed by atoms with Gasteiger partial charge in [0.1, 0.15) is 24.3 Å². The number of phenols is 1. The lowest BCUT2D eigenvalue weighted by molar-refractivity contribution is -0.141. The van der Waals surface area contributed by atoms with E-state index in [2.05, 4.69) is 71.6 Å². The zero-order valence-electron chi connectivity index (χ0n) is 41.8. The van der Waals surface area contributed by atoms with Crippen LogP contribution in [0.25, 0.3) is 32.7 Å². The van der Waals surface area contributed by atoms with Crippen LogP contribution in [0.4, 0.5) is 11.6 Å². The molecule has 0 unspecified atom stereocenters. The largest absolute Gasteiger partial charge is 0.507 e. The Morgan fingerprint density at radius 3 is 2.43 bits per heavy atom. The number of carbonyl (C=O) groups is 2. The topological polar surface area (TPSA) is 212 Å². The van der Waals surface area contributed by atoms with Gasteiger partial charge in [0.25, 0.3) is 5.88 Å². The van der Waals surface area contributed by atoms with E-state index < -0.39 is 18.1 Å². The number of aromatic hydroxyl groups is 1. The fourth-order valence-electron chi connectivity index (χ4n) is 10.9. The van der Waals surface area contributed by atoms with Gasteiger partial charge in [-0.05, 0) is 96.3 Å². The summed E-state index contributed by atoms with van der Waals surface area (Å²) in [7, 11) is 0. The molecule has 8 heterocycles. The normalized spacial score (nSPS) is 18.5. The molecular formula is C56H59N11O6S. The van der Waals surface area contributed by atoms with Gasteiger partial charge in [-0.15, -0.1) is 21.5 Å². The number of ether oxygens (including phenoxy) is 1. The minimum atomic E-state index is -0.825. The maximum Gasteiger partial charge on any atom is 0.254 e. The number of hydrogen-bond acceptors (Lipinski definition) is 15. The van der Waals surface area contributed by atoms with E-state index in [1.807, 2.05) is 81.1 Å². The van der Waals surface area contributed by atoms with Crippen LogP contribution in [-0.2, 0) is 29.2 Å². The summed E-state index contributed by atoms with van der Waals surface area (Å²) < 4.78 is 11.8. The lowest BCUT2D eigenvalue weighted by Crippen LogP contribution is -2.48. The van der Waals surface area contributed by atoms with Gasteiger partial charge in [-0.25, -0.2) is 15.0 Å². The number of H-pyrrole nitrogens is 1. The standard InChI is InChI=1S/C56H59N11O6S/c1-32(2)50(55(71)67-29-41(68)23-46(67)54(70)57-26-35-9-13-38(14-10-35)52-33(3)60-31-74-52)48-25-49(64-73-48)72-30-36-11-15-40(16-12-36)65-20-17-37(18-21-65)39-27-58-56(59-28-39)66-22-19-44-51(34(66)4)43-24-45(62-63-53(43)61-44)42-7-5-6-8-47(42)69/h5-16,24-25,27-28,31-32,34,37,41,46,50,68-69H,17-23,26,29-30H2,1-4H3,(H,57,70)(H,61,63)/t34-,41-,46+,50-/m1/s1. The second-order valence-electron chi connectivity index (χ2n) is 20.0. The smallest absolute Gasteiger partial charge is 0.254 e. The first kappa shape index (κ1) is 48.6. The summed E-state index contributed by atoms with van der Waals surface area (Å²) in [6.07, 6.45) is 6.09. The van der Waals surface area contributed by atoms with E-state index >= 15 is 0 Å². The van der Waals surface area contributed by atoms with Gasteiger partial charge in [0, 0.05) is 91.9 Å². The molecule has 8 aromatic rings. The minimum Gasteiger partial charge on any atom is -0.507 e. The Balaban J connectivity index is 0.661. The number of piperidine rings is 1. The number of thiazole rings is 1. The van der Waals surface area contributed by atoms with Crippen molar-refractivity contribution in [1.82, 2.24) is 45.5 Å². The number of aliphatic hydroxyl groups excluding tert-OH is 1. The molecule has 74 heavy (non-hydrogen) atoms. The summed E-state index contributed by atoms with van der Waals surface area (Å²) in [5.41, 5.74) is 12.4. The van der Waals surface area contributed by atoms with Gasteiger partial charge in [-0.1, -0.05) is 62.4 Å². The van der Waals surface area contributed by atoms with Gasteiger partial charge in [0.2, 0.25) is 17.8 Å². The predicted molar refractivity (Wildman–Crippen MR) is 282 cm³/mol. The molecule has 2 amide bonds. The minimum absolute atomic E-state index is 0.00580. The van der Waals surface area contributed by atoms with Crippen molar-refractivity contribution in [1.29, 1.82) is 0 Å². The molecule has 2 saturated heterocycles. The highest BCUT2D eigenvalue weighted by Gasteiger charge is 2.43. The molecule has 0 radical (unpaired) electrons. The van der Waals surface area contributed by atoms with Crippen LogP contribution in [0.1, 0.15) is 97.3 Å². The van der Waals surface area contributed by atoms with Gasteiger partial charge in [-0.3, -0.25) is 9.59 Å². The summed E-state index contributed by atoms with van der Waals surface area (Å²) in [5, 5.41) is 38.2. The fourth-order valence-corrected chi connectivity index (χ4v) is 11.7. The summed E-state index contributed by atoms with van der Waals surface area (Å²) in [6.45, 7) is 11.2. The molecule has 3 aliphatic rings. The molecule has 0 aliphatic carbocycles. The maximum absolute atomic E-state index is 14.2. The number of aromatic amines is 1. The molecule has 0 bridgehead atoms. The molecule has 0 saturated carbocycles. The Morgan fingerprint density at radius 2 is 1.70 bits per heavy atom. The lowest BCUT2D eigenvalue weighted by Gasteiger charge is -2.35.